The van der Waals surface area contributed by atoms with Gasteiger partial charge in [0.1, 0.15) is 13.2 Å². The fraction of sp³-hybridized carbons (Fsp3) is 0.827. The first kappa shape index (κ1) is 78.1. The molecule has 472 valence electrons. The molecule has 0 aliphatic rings. The molecule has 81 heavy (non-hydrogen) atoms. The van der Waals surface area contributed by atoms with Crippen LogP contribution in [0.25, 0.3) is 0 Å². The lowest BCUT2D eigenvalue weighted by Crippen LogP contribution is -2.30. The number of carbonyl (C=O) groups is 3. The van der Waals surface area contributed by atoms with Gasteiger partial charge in [-0.2, -0.15) is 0 Å². The molecule has 1 unspecified atom stereocenters. The summed E-state index contributed by atoms with van der Waals surface area (Å²) in [6.07, 6.45) is 89.6. The second-order valence-electron chi connectivity index (χ2n) is 24.1. The van der Waals surface area contributed by atoms with E-state index in [-0.39, 0.29) is 31.1 Å². The van der Waals surface area contributed by atoms with Crippen LogP contribution in [0.4, 0.5) is 0 Å². The van der Waals surface area contributed by atoms with Crippen LogP contribution in [0.1, 0.15) is 380 Å². The van der Waals surface area contributed by atoms with E-state index in [0.717, 1.165) is 96.3 Å². The van der Waals surface area contributed by atoms with Crippen LogP contribution in [0.2, 0.25) is 0 Å². The van der Waals surface area contributed by atoms with E-state index in [1.54, 1.807) is 0 Å². The Labute approximate surface area is 504 Å². The van der Waals surface area contributed by atoms with Gasteiger partial charge in [-0.15, -0.1) is 0 Å². The van der Waals surface area contributed by atoms with Crippen molar-refractivity contribution in [3.8, 4) is 0 Å². The van der Waals surface area contributed by atoms with E-state index >= 15 is 0 Å². The second kappa shape index (κ2) is 69.6. The van der Waals surface area contributed by atoms with Crippen LogP contribution < -0.4 is 0 Å². The highest BCUT2D eigenvalue weighted by Gasteiger charge is 2.19. The summed E-state index contributed by atoms with van der Waals surface area (Å²) in [7, 11) is 0. The first-order valence-electron chi connectivity index (χ1n) is 35.8. The molecule has 0 heterocycles. The Balaban J connectivity index is 4.32. The molecule has 0 amide bonds. The average molecular weight is 1130 g/mol. The molecule has 0 spiro atoms. The summed E-state index contributed by atoms with van der Waals surface area (Å²) in [6.45, 7) is 6.59. The number of hydrogen-bond donors (Lipinski definition) is 0. The summed E-state index contributed by atoms with van der Waals surface area (Å²) in [5.41, 5.74) is 0. The van der Waals surface area contributed by atoms with Gasteiger partial charge in [0, 0.05) is 19.3 Å². The van der Waals surface area contributed by atoms with E-state index in [4.69, 9.17) is 14.2 Å². The van der Waals surface area contributed by atoms with Crippen molar-refractivity contribution in [1.82, 2.24) is 0 Å². The van der Waals surface area contributed by atoms with Crippen LogP contribution in [0.3, 0.4) is 0 Å². The standard InChI is InChI=1S/C75H136O6/c1-4-7-10-13-16-19-22-25-28-31-33-35-37-39-40-42-44-47-50-53-56-59-62-65-68-74(77)80-71-72(70-79-73(76)67-64-61-58-55-52-49-46-30-27-24-21-18-15-12-9-6-3)81-75(78)69-66-63-60-57-54-51-48-45-43-41-38-36-34-32-29-26-23-20-17-14-11-8-5-2/h8,11,17,20,26,29,34,36,41,43,72H,4-7,9-10,12-16,18-19,21-25,27-28,30-33,35,37-40,42,44-71H2,1-3H3/b11-8-,20-17-,29-26-,36-34-,43-41-. The number of hydrogen-bond acceptors (Lipinski definition) is 6. The molecule has 0 aromatic carbocycles. The van der Waals surface area contributed by atoms with Gasteiger partial charge in [-0.3, -0.25) is 14.4 Å². The molecule has 0 N–H and O–H groups in total. The lowest BCUT2D eigenvalue weighted by atomic mass is 10.0. The Morgan fingerprint density at radius 3 is 0.753 bits per heavy atom. The lowest BCUT2D eigenvalue weighted by Gasteiger charge is -2.18. The number of ether oxygens (including phenoxy) is 3. The van der Waals surface area contributed by atoms with Crippen molar-refractivity contribution in [2.45, 2.75) is 386 Å². The minimum Gasteiger partial charge on any atom is -0.462 e. The maximum atomic E-state index is 13.0. The second-order valence-corrected chi connectivity index (χ2v) is 24.1. The van der Waals surface area contributed by atoms with Crippen molar-refractivity contribution in [2.75, 3.05) is 13.2 Å². The molecule has 0 bridgehead atoms. The van der Waals surface area contributed by atoms with Crippen molar-refractivity contribution in [1.29, 1.82) is 0 Å². The van der Waals surface area contributed by atoms with E-state index in [0.29, 0.717) is 19.3 Å². The molecule has 0 rings (SSSR count). The fourth-order valence-electron chi connectivity index (χ4n) is 10.7. The van der Waals surface area contributed by atoms with E-state index in [2.05, 4.69) is 81.5 Å². The van der Waals surface area contributed by atoms with Crippen LogP contribution in [-0.2, 0) is 28.6 Å². The molecule has 0 aromatic heterocycles. The van der Waals surface area contributed by atoms with Gasteiger partial charge < -0.3 is 14.2 Å². The van der Waals surface area contributed by atoms with Crippen LogP contribution in [0.15, 0.2) is 60.8 Å². The third kappa shape index (κ3) is 67.8. The van der Waals surface area contributed by atoms with Gasteiger partial charge in [-0.1, -0.05) is 358 Å². The molecule has 0 saturated carbocycles. The first-order chi connectivity index (χ1) is 40.0. The Morgan fingerprint density at radius 2 is 0.481 bits per heavy atom. The zero-order valence-corrected chi connectivity index (χ0v) is 54.3. The normalized spacial score (nSPS) is 12.4. The van der Waals surface area contributed by atoms with Crippen molar-refractivity contribution in [3.05, 3.63) is 60.8 Å². The van der Waals surface area contributed by atoms with Crippen molar-refractivity contribution < 1.29 is 28.6 Å². The average Bonchev–Trinajstić information content (AvgIpc) is 3.47. The minimum absolute atomic E-state index is 0.0735. The molecular formula is C75H136O6. The van der Waals surface area contributed by atoms with Gasteiger partial charge in [-0.05, 0) is 64.2 Å². The molecule has 6 nitrogen and oxygen atoms in total. The third-order valence-electron chi connectivity index (χ3n) is 16.0. The zero-order valence-electron chi connectivity index (χ0n) is 54.3. The summed E-state index contributed by atoms with van der Waals surface area (Å²) in [4.78, 5) is 38.5. The maximum absolute atomic E-state index is 13.0. The SMILES string of the molecule is CC/C=C\C/C=C\C/C=C\C/C=C\C/C=C\CCCCCCCCCC(=O)OC(COC(=O)CCCCCCCCCCCCCCCCCC)COC(=O)CCCCCCCCCCCCCCCCCCCCCCCCCC. The third-order valence-corrected chi connectivity index (χ3v) is 16.0. The number of carbonyl (C=O) groups excluding carboxylic acids is 3. The van der Waals surface area contributed by atoms with Gasteiger partial charge in [0.25, 0.3) is 0 Å². The fourth-order valence-corrected chi connectivity index (χ4v) is 10.7. The Morgan fingerprint density at radius 1 is 0.259 bits per heavy atom. The molecule has 1 atom stereocenters. The predicted molar refractivity (Wildman–Crippen MR) is 353 cm³/mol. The molecule has 0 radical (unpaired) electrons. The molecular weight excluding hydrogens is 997 g/mol. The van der Waals surface area contributed by atoms with Gasteiger partial charge in [-0.25, -0.2) is 0 Å². The Kier molecular flexibility index (Phi) is 67.1. The van der Waals surface area contributed by atoms with Crippen LogP contribution in [0.5, 0.6) is 0 Å². The topological polar surface area (TPSA) is 78.9 Å². The monoisotopic (exact) mass is 1130 g/mol. The Bertz CT molecular complexity index is 1440. The van der Waals surface area contributed by atoms with Crippen LogP contribution >= 0.6 is 0 Å². The Hall–Kier alpha value is -2.89. The molecule has 0 saturated heterocycles. The van der Waals surface area contributed by atoms with Crippen molar-refractivity contribution >= 4 is 17.9 Å². The lowest BCUT2D eigenvalue weighted by molar-refractivity contribution is -0.167. The molecule has 6 heteroatoms. The van der Waals surface area contributed by atoms with Gasteiger partial charge in [0.2, 0.25) is 0 Å². The number of allylic oxidation sites excluding steroid dienone is 10. The van der Waals surface area contributed by atoms with Crippen LogP contribution in [0, 0.1) is 0 Å². The van der Waals surface area contributed by atoms with E-state index in [1.807, 2.05) is 0 Å². The van der Waals surface area contributed by atoms with Crippen molar-refractivity contribution in [2.24, 2.45) is 0 Å². The molecule has 0 fully saturated rings. The minimum atomic E-state index is -0.779. The zero-order chi connectivity index (χ0) is 58.5. The van der Waals surface area contributed by atoms with Crippen molar-refractivity contribution in [3.63, 3.8) is 0 Å². The highest BCUT2D eigenvalue weighted by Crippen LogP contribution is 2.19. The van der Waals surface area contributed by atoms with Gasteiger partial charge >= 0.3 is 17.9 Å². The quantitative estimate of drug-likeness (QED) is 0.0261. The molecule has 0 aliphatic carbocycles. The van der Waals surface area contributed by atoms with Crippen LogP contribution in [-0.4, -0.2) is 37.2 Å². The predicted octanol–water partition coefficient (Wildman–Crippen LogP) is 24.7. The van der Waals surface area contributed by atoms with E-state index in [9.17, 15) is 14.4 Å². The molecule has 0 aromatic rings. The summed E-state index contributed by atoms with van der Waals surface area (Å²) in [5, 5.41) is 0. The number of unbranched alkanes of at least 4 members (excludes halogenated alkanes) is 45. The highest BCUT2D eigenvalue weighted by atomic mass is 16.6. The summed E-state index contributed by atoms with van der Waals surface area (Å²) >= 11 is 0. The van der Waals surface area contributed by atoms with Gasteiger partial charge in [0.05, 0.1) is 0 Å². The molecule has 0 aliphatic heterocycles. The summed E-state index contributed by atoms with van der Waals surface area (Å²) in [5.74, 6) is -0.856. The van der Waals surface area contributed by atoms with E-state index in [1.165, 1.54) is 244 Å². The largest absolute Gasteiger partial charge is 0.462 e. The first-order valence-corrected chi connectivity index (χ1v) is 35.8. The van der Waals surface area contributed by atoms with Gasteiger partial charge in [0.15, 0.2) is 6.10 Å². The van der Waals surface area contributed by atoms with E-state index < -0.39 is 6.10 Å². The highest BCUT2D eigenvalue weighted by molar-refractivity contribution is 5.71. The maximum Gasteiger partial charge on any atom is 0.306 e. The smallest absolute Gasteiger partial charge is 0.306 e. The number of esters is 3. The number of rotatable bonds is 66. The summed E-state index contributed by atoms with van der Waals surface area (Å²) in [6, 6.07) is 0. The summed E-state index contributed by atoms with van der Waals surface area (Å²) < 4.78 is 17.0.